The molecule has 2 N–H and O–H groups in total. The van der Waals surface area contributed by atoms with Crippen LogP contribution in [0.3, 0.4) is 0 Å². The summed E-state index contributed by atoms with van der Waals surface area (Å²) >= 11 is 0. The number of carbonyl (C=O) groups excluding carboxylic acids is 1. The third kappa shape index (κ3) is 2.15. The monoisotopic (exact) mass is 246 g/mol. The van der Waals surface area contributed by atoms with Gasteiger partial charge in [0.15, 0.2) is 11.5 Å². The predicted octanol–water partition coefficient (Wildman–Crippen LogP) is 2.26. The maximum atomic E-state index is 13.8. The minimum atomic E-state index is -0.690. The summed E-state index contributed by atoms with van der Waals surface area (Å²) in [6.45, 7) is 0. The van der Waals surface area contributed by atoms with E-state index in [4.69, 9.17) is 5.73 Å². The first-order valence-corrected chi connectivity index (χ1v) is 5.23. The first-order valence-electron chi connectivity index (χ1n) is 5.23. The Hall–Kier alpha value is -2.43. The van der Waals surface area contributed by atoms with Crippen molar-refractivity contribution in [1.29, 1.82) is 0 Å². The standard InChI is InChI=1S/C13H11FN2O2/c1-18-13(17)12-10(15)7-9(14)11(16-12)8-5-3-2-4-6-8/h2-7H,15H2,1H3. The number of halogens is 1. The minimum Gasteiger partial charge on any atom is -0.464 e. The van der Waals surface area contributed by atoms with Crippen molar-refractivity contribution in [3.8, 4) is 11.3 Å². The average molecular weight is 246 g/mol. The van der Waals surface area contributed by atoms with E-state index >= 15 is 0 Å². The van der Waals surface area contributed by atoms with Crippen LogP contribution in [-0.2, 0) is 4.74 Å². The van der Waals surface area contributed by atoms with E-state index in [0.717, 1.165) is 6.07 Å². The molecule has 0 atom stereocenters. The molecule has 4 nitrogen and oxygen atoms in total. The number of hydrogen-bond acceptors (Lipinski definition) is 4. The van der Waals surface area contributed by atoms with Gasteiger partial charge in [-0.2, -0.15) is 0 Å². The highest BCUT2D eigenvalue weighted by Crippen LogP contribution is 2.24. The van der Waals surface area contributed by atoms with Gasteiger partial charge in [-0.3, -0.25) is 0 Å². The van der Waals surface area contributed by atoms with Crippen LogP contribution in [0.1, 0.15) is 10.5 Å². The number of rotatable bonds is 2. The molecule has 0 amide bonds. The highest BCUT2D eigenvalue weighted by molar-refractivity contribution is 5.93. The molecule has 0 aliphatic rings. The van der Waals surface area contributed by atoms with Crippen molar-refractivity contribution < 1.29 is 13.9 Å². The Kier molecular flexibility index (Phi) is 3.23. The SMILES string of the molecule is COC(=O)c1nc(-c2ccccc2)c(F)cc1N. The number of aromatic nitrogens is 1. The molecule has 2 aromatic rings. The lowest BCUT2D eigenvalue weighted by Gasteiger charge is -2.07. The van der Waals surface area contributed by atoms with E-state index in [9.17, 15) is 9.18 Å². The summed E-state index contributed by atoms with van der Waals surface area (Å²) in [4.78, 5) is 15.4. The molecule has 0 fully saturated rings. The molecule has 0 unspecified atom stereocenters. The van der Waals surface area contributed by atoms with Gasteiger partial charge in [-0.15, -0.1) is 0 Å². The molecular weight excluding hydrogens is 235 g/mol. The molecule has 1 aromatic carbocycles. The Labute approximate surface area is 103 Å². The van der Waals surface area contributed by atoms with Crippen molar-refractivity contribution in [2.75, 3.05) is 12.8 Å². The summed E-state index contributed by atoms with van der Waals surface area (Å²) in [5.41, 5.74) is 6.06. The van der Waals surface area contributed by atoms with E-state index in [2.05, 4.69) is 9.72 Å². The van der Waals surface area contributed by atoms with Gasteiger partial charge < -0.3 is 10.5 Å². The smallest absolute Gasteiger partial charge is 0.358 e. The fraction of sp³-hybridized carbons (Fsp3) is 0.0769. The second-order valence-corrected chi connectivity index (χ2v) is 3.61. The number of esters is 1. The lowest BCUT2D eigenvalue weighted by atomic mass is 10.1. The van der Waals surface area contributed by atoms with Crippen molar-refractivity contribution in [1.82, 2.24) is 4.98 Å². The predicted molar refractivity (Wildman–Crippen MR) is 65.4 cm³/mol. The van der Waals surface area contributed by atoms with Crippen LogP contribution in [0, 0.1) is 5.82 Å². The van der Waals surface area contributed by atoms with Crippen molar-refractivity contribution in [3.63, 3.8) is 0 Å². The lowest BCUT2D eigenvalue weighted by Crippen LogP contribution is -2.10. The molecule has 92 valence electrons. The molecule has 2 rings (SSSR count). The van der Waals surface area contributed by atoms with Gasteiger partial charge in [-0.1, -0.05) is 30.3 Å². The summed E-state index contributed by atoms with van der Waals surface area (Å²) in [7, 11) is 1.22. The van der Waals surface area contributed by atoms with Gasteiger partial charge in [0.2, 0.25) is 0 Å². The molecular formula is C13H11FN2O2. The first kappa shape index (κ1) is 12.0. The van der Waals surface area contributed by atoms with Crippen LogP contribution in [0.25, 0.3) is 11.3 Å². The second-order valence-electron chi connectivity index (χ2n) is 3.61. The number of nitrogens with zero attached hydrogens (tertiary/aromatic N) is 1. The number of pyridine rings is 1. The van der Waals surface area contributed by atoms with Crippen molar-refractivity contribution in [3.05, 3.63) is 47.9 Å². The first-order chi connectivity index (χ1) is 8.63. The number of anilines is 1. The van der Waals surface area contributed by atoms with Crippen LogP contribution in [-0.4, -0.2) is 18.1 Å². The molecule has 0 radical (unpaired) electrons. The molecule has 0 spiro atoms. The summed E-state index contributed by atoms with van der Waals surface area (Å²) in [6, 6.07) is 9.78. The molecule has 1 aromatic heterocycles. The normalized spacial score (nSPS) is 10.1. The molecule has 0 aliphatic carbocycles. The highest BCUT2D eigenvalue weighted by atomic mass is 19.1. The van der Waals surface area contributed by atoms with Crippen molar-refractivity contribution in [2.45, 2.75) is 0 Å². The lowest BCUT2D eigenvalue weighted by molar-refractivity contribution is 0.0595. The molecule has 18 heavy (non-hydrogen) atoms. The van der Waals surface area contributed by atoms with E-state index in [0.29, 0.717) is 5.56 Å². The third-order valence-electron chi connectivity index (χ3n) is 2.43. The van der Waals surface area contributed by atoms with E-state index in [-0.39, 0.29) is 17.1 Å². The Bertz CT molecular complexity index is 585. The van der Waals surface area contributed by atoms with E-state index in [1.165, 1.54) is 7.11 Å². The average Bonchev–Trinajstić information content (AvgIpc) is 2.39. The summed E-state index contributed by atoms with van der Waals surface area (Å²) in [5, 5.41) is 0. The molecule has 0 aliphatic heterocycles. The van der Waals surface area contributed by atoms with Crippen molar-refractivity contribution >= 4 is 11.7 Å². The van der Waals surface area contributed by atoms with Crippen molar-refractivity contribution in [2.24, 2.45) is 0 Å². The van der Waals surface area contributed by atoms with Gasteiger partial charge in [0.1, 0.15) is 5.69 Å². The minimum absolute atomic E-state index is 0.0426. The van der Waals surface area contributed by atoms with Crippen LogP contribution in [0.2, 0.25) is 0 Å². The van der Waals surface area contributed by atoms with Crippen LogP contribution >= 0.6 is 0 Å². The molecule has 1 heterocycles. The number of nitrogens with two attached hydrogens (primary N) is 1. The van der Waals surface area contributed by atoms with Crippen LogP contribution < -0.4 is 5.73 Å². The summed E-state index contributed by atoms with van der Waals surface area (Å²) < 4.78 is 18.3. The third-order valence-corrected chi connectivity index (χ3v) is 2.43. The van der Waals surface area contributed by atoms with Crippen LogP contribution in [0.15, 0.2) is 36.4 Å². The van der Waals surface area contributed by atoms with Crippen LogP contribution in [0.5, 0.6) is 0 Å². The topological polar surface area (TPSA) is 65.2 Å². The van der Waals surface area contributed by atoms with E-state index in [1.807, 2.05) is 0 Å². The van der Waals surface area contributed by atoms with E-state index < -0.39 is 11.8 Å². The maximum absolute atomic E-state index is 13.8. The fourth-order valence-corrected chi connectivity index (χ4v) is 1.56. The van der Waals surface area contributed by atoms with Gasteiger partial charge in [-0.05, 0) is 0 Å². The van der Waals surface area contributed by atoms with Gasteiger partial charge in [-0.25, -0.2) is 14.2 Å². The van der Waals surface area contributed by atoms with E-state index in [1.54, 1.807) is 30.3 Å². The van der Waals surface area contributed by atoms with Gasteiger partial charge in [0, 0.05) is 11.6 Å². The fourth-order valence-electron chi connectivity index (χ4n) is 1.56. The Morgan fingerprint density at radius 2 is 2.00 bits per heavy atom. The van der Waals surface area contributed by atoms with Crippen LogP contribution in [0.4, 0.5) is 10.1 Å². The quantitative estimate of drug-likeness (QED) is 0.825. The second kappa shape index (κ2) is 4.83. The zero-order chi connectivity index (χ0) is 13.1. The largest absolute Gasteiger partial charge is 0.464 e. The van der Waals surface area contributed by atoms with Gasteiger partial charge in [0.05, 0.1) is 12.8 Å². The molecule has 5 heteroatoms. The number of methoxy groups -OCH3 is 1. The van der Waals surface area contributed by atoms with Gasteiger partial charge >= 0.3 is 5.97 Å². The number of carbonyl (C=O) groups is 1. The number of hydrogen-bond donors (Lipinski definition) is 1. The number of nitrogen functional groups attached to an aromatic ring is 1. The molecule has 0 bridgehead atoms. The van der Waals surface area contributed by atoms with Gasteiger partial charge in [0.25, 0.3) is 0 Å². The molecule has 0 saturated heterocycles. The maximum Gasteiger partial charge on any atom is 0.358 e. The Balaban J connectivity index is 2.59. The number of ether oxygens (including phenoxy) is 1. The number of benzene rings is 1. The molecule has 0 saturated carbocycles. The zero-order valence-electron chi connectivity index (χ0n) is 9.68. The summed E-state index contributed by atoms with van der Waals surface area (Å²) in [6.07, 6.45) is 0. The zero-order valence-corrected chi connectivity index (χ0v) is 9.68. The highest BCUT2D eigenvalue weighted by Gasteiger charge is 2.17. The Morgan fingerprint density at radius 1 is 1.33 bits per heavy atom. The summed E-state index contributed by atoms with van der Waals surface area (Å²) in [5.74, 6) is -1.27. The Morgan fingerprint density at radius 3 is 2.61 bits per heavy atom.